The SMILES string of the molecule is Cc1cc(/C=C/C(=O)OC(C)C)cc(N(CC2CCN(C(=O)c3ccccc3)CC2)C(=O)C2CCCCC2)n1. The number of pyridine rings is 1. The van der Waals surface area contributed by atoms with Gasteiger partial charge in [0.1, 0.15) is 5.82 Å². The predicted octanol–water partition coefficient (Wildman–Crippen LogP) is 5.82. The minimum absolute atomic E-state index is 0.0146. The Labute approximate surface area is 232 Å². The average Bonchev–Trinajstić information content (AvgIpc) is 2.95. The van der Waals surface area contributed by atoms with Gasteiger partial charge in [-0.1, -0.05) is 37.5 Å². The molecule has 2 amide bonds. The fraction of sp³-hybridized carbons (Fsp3) is 0.500. The minimum Gasteiger partial charge on any atom is -0.460 e. The Balaban J connectivity index is 1.50. The third kappa shape index (κ3) is 8.01. The van der Waals surface area contributed by atoms with E-state index in [1.165, 1.54) is 12.5 Å². The number of benzene rings is 1. The second kappa shape index (κ2) is 13.5. The van der Waals surface area contributed by atoms with Gasteiger partial charge in [-0.05, 0) is 88.3 Å². The number of hydrogen-bond donors (Lipinski definition) is 0. The van der Waals surface area contributed by atoms with Crippen LogP contribution in [0.5, 0.6) is 0 Å². The van der Waals surface area contributed by atoms with E-state index in [1.54, 1.807) is 6.08 Å². The Hall–Kier alpha value is -3.48. The molecule has 1 aromatic heterocycles. The Morgan fingerprint density at radius 2 is 1.72 bits per heavy atom. The minimum atomic E-state index is -0.395. The maximum absolute atomic E-state index is 13.9. The van der Waals surface area contributed by atoms with E-state index in [2.05, 4.69) is 0 Å². The van der Waals surface area contributed by atoms with Gasteiger partial charge in [0.05, 0.1) is 6.10 Å². The number of aromatic nitrogens is 1. The molecule has 0 atom stereocenters. The normalized spacial score (nSPS) is 17.0. The number of piperidine rings is 1. The first kappa shape index (κ1) is 28.5. The molecule has 1 aliphatic carbocycles. The maximum atomic E-state index is 13.9. The molecule has 1 saturated heterocycles. The van der Waals surface area contributed by atoms with Crippen LogP contribution < -0.4 is 4.90 Å². The van der Waals surface area contributed by atoms with Crippen LogP contribution in [0.15, 0.2) is 48.5 Å². The van der Waals surface area contributed by atoms with Gasteiger partial charge in [-0.15, -0.1) is 0 Å². The first-order valence-electron chi connectivity index (χ1n) is 14.3. The van der Waals surface area contributed by atoms with Crippen LogP contribution in [0.1, 0.15) is 80.4 Å². The average molecular weight is 532 g/mol. The molecule has 0 N–H and O–H groups in total. The zero-order valence-electron chi connectivity index (χ0n) is 23.5. The Morgan fingerprint density at radius 1 is 1.03 bits per heavy atom. The number of likely N-dealkylation sites (tertiary alicyclic amines) is 1. The van der Waals surface area contributed by atoms with E-state index < -0.39 is 5.97 Å². The number of ether oxygens (including phenoxy) is 1. The zero-order chi connectivity index (χ0) is 27.8. The Bertz CT molecular complexity index is 1160. The lowest BCUT2D eigenvalue weighted by Gasteiger charge is -2.36. The van der Waals surface area contributed by atoms with E-state index in [0.717, 1.165) is 49.8 Å². The van der Waals surface area contributed by atoms with E-state index >= 15 is 0 Å². The van der Waals surface area contributed by atoms with Gasteiger partial charge >= 0.3 is 5.97 Å². The van der Waals surface area contributed by atoms with Crippen molar-refractivity contribution in [2.75, 3.05) is 24.5 Å². The molecule has 1 aliphatic heterocycles. The fourth-order valence-electron chi connectivity index (χ4n) is 5.55. The number of esters is 1. The van der Waals surface area contributed by atoms with Crippen LogP contribution in [0, 0.1) is 18.8 Å². The van der Waals surface area contributed by atoms with Crippen molar-refractivity contribution in [1.29, 1.82) is 0 Å². The molecule has 7 heteroatoms. The van der Waals surface area contributed by atoms with E-state index in [9.17, 15) is 14.4 Å². The summed E-state index contributed by atoms with van der Waals surface area (Å²) in [5, 5.41) is 0. The van der Waals surface area contributed by atoms with Crippen molar-refractivity contribution in [3.05, 3.63) is 65.4 Å². The lowest BCUT2D eigenvalue weighted by molar-refractivity contribution is -0.141. The van der Waals surface area contributed by atoms with Crippen LogP contribution in [0.3, 0.4) is 0 Å². The molecular weight excluding hydrogens is 490 g/mol. The summed E-state index contributed by atoms with van der Waals surface area (Å²) in [4.78, 5) is 47.4. The van der Waals surface area contributed by atoms with Crippen molar-refractivity contribution < 1.29 is 19.1 Å². The summed E-state index contributed by atoms with van der Waals surface area (Å²) in [6, 6.07) is 13.2. The first-order chi connectivity index (χ1) is 18.8. The van der Waals surface area contributed by atoms with Gasteiger partial charge in [0.2, 0.25) is 5.91 Å². The van der Waals surface area contributed by atoms with Gasteiger partial charge in [0, 0.05) is 42.9 Å². The second-order valence-electron chi connectivity index (χ2n) is 11.1. The van der Waals surface area contributed by atoms with E-state index in [-0.39, 0.29) is 29.8 Å². The molecule has 0 radical (unpaired) electrons. The molecule has 2 aromatic rings. The van der Waals surface area contributed by atoms with Crippen molar-refractivity contribution in [2.24, 2.45) is 11.8 Å². The molecule has 2 heterocycles. The zero-order valence-corrected chi connectivity index (χ0v) is 23.5. The Kier molecular flexibility index (Phi) is 9.90. The van der Waals surface area contributed by atoms with Crippen LogP contribution in [0.2, 0.25) is 0 Å². The van der Waals surface area contributed by atoms with Crippen molar-refractivity contribution in [1.82, 2.24) is 9.88 Å². The quantitative estimate of drug-likeness (QED) is 0.317. The molecule has 4 rings (SSSR count). The largest absolute Gasteiger partial charge is 0.460 e. The van der Waals surface area contributed by atoms with Gasteiger partial charge in [0.25, 0.3) is 5.91 Å². The van der Waals surface area contributed by atoms with Crippen LogP contribution in [0.4, 0.5) is 5.82 Å². The number of rotatable bonds is 8. The number of hydrogen-bond acceptors (Lipinski definition) is 5. The number of anilines is 1. The number of amides is 2. The van der Waals surface area contributed by atoms with Crippen LogP contribution in [-0.2, 0) is 14.3 Å². The molecule has 2 aliphatic rings. The van der Waals surface area contributed by atoms with E-state index in [0.29, 0.717) is 31.0 Å². The highest BCUT2D eigenvalue weighted by molar-refractivity contribution is 5.95. The monoisotopic (exact) mass is 531 g/mol. The van der Waals surface area contributed by atoms with Crippen LogP contribution >= 0.6 is 0 Å². The van der Waals surface area contributed by atoms with Crippen LogP contribution in [0.25, 0.3) is 6.08 Å². The molecular formula is C32H41N3O4. The molecule has 1 aromatic carbocycles. The number of aryl methyl sites for hydroxylation is 1. The van der Waals surface area contributed by atoms with E-state index in [4.69, 9.17) is 9.72 Å². The van der Waals surface area contributed by atoms with Crippen molar-refractivity contribution in [3.8, 4) is 0 Å². The lowest BCUT2D eigenvalue weighted by Crippen LogP contribution is -2.45. The molecule has 2 fully saturated rings. The predicted molar refractivity (Wildman–Crippen MR) is 153 cm³/mol. The molecule has 0 spiro atoms. The van der Waals surface area contributed by atoms with Crippen molar-refractivity contribution >= 4 is 29.7 Å². The first-order valence-corrected chi connectivity index (χ1v) is 14.3. The highest BCUT2D eigenvalue weighted by Crippen LogP contribution is 2.30. The van der Waals surface area contributed by atoms with Gasteiger partial charge < -0.3 is 9.64 Å². The summed E-state index contributed by atoms with van der Waals surface area (Å²) in [5.74, 6) is 0.736. The lowest BCUT2D eigenvalue weighted by atomic mass is 9.87. The van der Waals surface area contributed by atoms with Crippen molar-refractivity contribution in [3.63, 3.8) is 0 Å². The molecule has 208 valence electrons. The van der Waals surface area contributed by atoms with Crippen LogP contribution in [-0.4, -0.2) is 53.4 Å². The highest BCUT2D eigenvalue weighted by Gasteiger charge is 2.31. The van der Waals surface area contributed by atoms with E-state index in [1.807, 2.05) is 73.0 Å². The summed E-state index contributed by atoms with van der Waals surface area (Å²) < 4.78 is 5.22. The smallest absolute Gasteiger partial charge is 0.331 e. The van der Waals surface area contributed by atoms with Gasteiger partial charge in [0.15, 0.2) is 0 Å². The van der Waals surface area contributed by atoms with Gasteiger partial charge in [-0.2, -0.15) is 0 Å². The summed E-state index contributed by atoms with van der Waals surface area (Å²) in [7, 11) is 0. The van der Waals surface area contributed by atoms with Crippen molar-refractivity contribution in [2.45, 2.75) is 71.8 Å². The molecule has 39 heavy (non-hydrogen) atoms. The standard InChI is InChI=1S/C32H41N3O4/c1-23(2)39-30(36)15-14-26-20-24(3)33-29(21-26)35(32(38)28-12-8-5-9-13-28)22-25-16-18-34(19-17-25)31(37)27-10-6-4-7-11-27/h4,6-7,10-11,14-15,20-21,23,25,28H,5,8-9,12-13,16-19,22H2,1-3H3/b15-14+. The number of carbonyl (C=O) groups is 3. The number of carbonyl (C=O) groups excluding carboxylic acids is 3. The topological polar surface area (TPSA) is 79.8 Å². The summed E-state index contributed by atoms with van der Waals surface area (Å²) >= 11 is 0. The third-order valence-corrected chi connectivity index (χ3v) is 7.59. The fourth-order valence-corrected chi connectivity index (χ4v) is 5.55. The van der Waals surface area contributed by atoms with Gasteiger partial charge in [-0.3, -0.25) is 14.5 Å². The molecule has 7 nitrogen and oxygen atoms in total. The summed E-state index contributed by atoms with van der Waals surface area (Å²) in [6.45, 7) is 7.48. The molecule has 0 bridgehead atoms. The summed E-state index contributed by atoms with van der Waals surface area (Å²) in [6.07, 6.45) is 9.81. The third-order valence-electron chi connectivity index (χ3n) is 7.59. The maximum Gasteiger partial charge on any atom is 0.331 e. The molecule has 1 saturated carbocycles. The van der Waals surface area contributed by atoms with Gasteiger partial charge in [-0.25, -0.2) is 9.78 Å². The summed E-state index contributed by atoms with van der Waals surface area (Å²) in [5.41, 5.74) is 2.31. The Morgan fingerprint density at radius 3 is 2.38 bits per heavy atom. The highest BCUT2D eigenvalue weighted by atomic mass is 16.5. The second-order valence-corrected chi connectivity index (χ2v) is 11.1. The number of nitrogens with zero attached hydrogens (tertiary/aromatic N) is 3. The molecule has 0 unspecified atom stereocenters.